The van der Waals surface area contributed by atoms with E-state index in [0.29, 0.717) is 18.5 Å². The van der Waals surface area contributed by atoms with Gasteiger partial charge < -0.3 is 16.4 Å². The van der Waals surface area contributed by atoms with Crippen LogP contribution in [0.4, 0.5) is 5.69 Å². The highest BCUT2D eigenvalue weighted by atomic mass is 16.2. The topological polar surface area (TPSA) is 84.2 Å². The first-order valence-corrected chi connectivity index (χ1v) is 8.09. The van der Waals surface area contributed by atoms with Crippen molar-refractivity contribution in [3.63, 3.8) is 0 Å². The van der Waals surface area contributed by atoms with Crippen molar-refractivity contribution in [2.75, 3.05) is 5.32 Å². The van der Waals surface area contributed by atoms with Gasteiger partial charge in [0.1, 0.15) is 0 Å². The summed E-state index contributed by atoms with van der Waals surface area (Å²) in [7, 11) is 0. The number of amides is 2. The largest absolute Gasteiger partial charge is 0.346 e. The van der Waals surface area contributed by atoms with E-state index >= 15 is 0 Å². The summed E-state index contributed by atoms with van der Waals surface area (Å²) in [4.78, 5) is 23.8. The minimum absolute atomic E-state index is 0.0533. The molecule has 0 saturated carbocycles. The van der Waals surface area contributed by atoms with Crippen molar-refractivity contribution in [3.05, 3.63) is 64.7 Å². The Balaban J connectivity index is 1.71. The Morgan fingerprint density at radius 2 is 1.96 bits per heavy atom. The second-order valence-electron chi connectivity index (χ2n) is 6.06. The third kappa shape index (κ3) is 3.46. The number of nitrogens with one attached hydrogen (secondary N) is 2. The van der Waals surface area contributed by atoms with Crippen molar-refractivity contribution in [3.8, 4) is 0 Å². The molecule has 1 aliphatic heterocycles. The number of fused-ring (bicyclic) bond motifs is 1. The molecule has 24 heavy (non-hydrogen) atoms. The van der Waals surface area contributed by atoms with Crippen LogP contribution in [-0.2, 0) is 17.8 Å². The number of rotatable bonds is 4. The van der Waals surface area contributed by atoms with E-state index in [1.54, 1.807) is 12.1 Å². The van der Waals surface area contributed by atoms with Gasteiger partial charge in [-0.05, 0) is 48.2 Å². The Morgan fingerprint density at radius 1 is 1.21 bits per heavy atom. The highest BCUT2D eigenvalue weighted by molar-refractivity contribution is 5.95. The normalized spacial score (nSPS) is 14.5. The number of nitrogens with two attached hydrogens (primary N) is 1. The van der Waals surface area contributed by atoms with Crippen LogP contribution < -0.4 is 16.4 Å². The predicted octanol–water partition coefficient (Wildman–Crippen LogP) is 2.52. The molecule has 3 rings (SSSR count). The van der Waals surface area contributed by atoms with Gasteiger partial charge in [-0.3, -0.25) is 9.59 Å². The van der Waals surface area contributed by atoms with Gasteiger partial charge in [0.05, 0.1) is 6.04 Å². The molecule has 1 atom stereocenters. The van der Waals surface area contributed by atoms with E-state index in [4.69, 9.17) is 5.73 Å². The van der Waals surface area contributed by atoms with Crippen LogP contribution in [-0.4, -0.2) is 11.8 Å². The molecule has 1 unspecified atom stereocenters. The molecule has 1 heterocycles. The lowest BCUT2D eigenvalue weighted by molar-refractivity contribution is -0.116. The summed E-state index contributed by atoms with van der Waals surface area (Å²) in [5.41, 5.74) is 10.2. The zero-order chi connectivity index (χ0) is 17.1. The molecule has 0 bridgehead atoms. The van der Waals surface area contributed by atoms with Crippen molar-refractivity contribution < 1.29 is 9.59 Å². The second kappa shape index (κ2) is 6.84. The Bertz CT molecular complexity index is 769. The Labute approximate surface area is 141 Å². The minimum atomic E-state index is -0.116. The molecule has 2 amide bonds. The number of carbonyl (C=O) groups excluding carboxylic acids is 2. The van der Waals surface area contributed by atoms with Crippen LogP contribution in [0, 0.1) is 0 Å². The van der Waals surface area contributed by atoms with Crippen LogP contribution in [0.25, 0.3) is 0 Å². The molecule has 124 valence electrons. The molecule has 0 aliphatic carbocycles. The van der Waals surface area contributed by atoms with E-state index in [-0.39, 0.29) is 17.9 Å². The van der Waals surface area contributed by atoms with E-state index < -0.39 is 0 Å². The summed E-state index contributed by atoms with van der Waals surface area (Å²) in [6, 6.07) is 13.1. The first kappa shape index (κ1) is 16.2. The third-order valence-electron chi connectivity index (χ3n) is 4.32. The molecule has 2 aromatic carbocycles. The molecule has 0 spiro atoms. The average Bonchev–Trinajstić information content (AvgIpc) is 2.61. The third-order valence-corrected chi connectivity index (χ3v) is 4.32. The van der Waals surface area contributed by atoms with Gasteiger partial charge in [-0.15, -0.1) is 0 Å². The number of anilines is 1. The van der Waals surface area contributed by atoms with E-state index in [1.807, 2.05) is 31.2 Å². The van der Waals surface area contributed by atoms with Crippen molar-refractivity contribution in [1.82, 2.24) is 5.32 Å². The van der Waals surface area contributed by atoms with Crippen LogP contribution in [0.1, 0.15) is 46.4 Å². The van der Waals surface area contributed by atoms with Gasteiger partial charge in [0.25, 0.3) is 5.91 Å². The summed E-state index contributed by atoms with van der Waals surface area (Å²) in [5.74, 6) is -0.0605. The van der Waals surface area contributed by atoms with Crippen LogP contribution in [0.15, 0.2) is 42.5 Å². The number of hydrogen-bond acceptors (Lipinski definition) is 3. The number of carbonyl (C=O) groups is 2. The molecule has 0 saturated heterocycles. The Hall–Kier alpha value is -2.66. The van der Waals surface area contributed by atoms with E-state index in [1.165, 1.54) is 0 Å². The first-order valence-electron chi connectivity index (χ1n) is 8.09. The molecule has 1 aliphatic rings. The quantitative estimate of drug-likeness (QED) is 0.808. The molecule has 4 N–H and O–H groups in total. The predicted molar refractivity (Wildman–Crippen MR) is 93.6 cm³/mol. The molecular formula is C19H21N3O2. The van der Waals surface area contributed by atoms with Crippen LogP contribution >= 0.6 is 0 Å². The molecule has 0 radical (unpaired) electrons. The van der Waals surface area contributed by atoms with Gasteiger partial charge >= 0.3 is 0 Å². The fourth-order valence-electron chi connectivity index (χ4n) is 2.83. The zero-order valence-electron chi connectivity index (χ0n) is 13.6. The summed E-state index contributed by atoms with van der Waals surface area (Å²) >= 11 is 0. The zero-order valence-corrected chi connectivity index (χ0v) is 13.6. The van der Waals surface area contributed by atoms with Crippen LogP contribution in [0.3, 0.4) is 0 Å². The highest BCUT2D eigenvalue weighted by Gasteiger charge is 2.17. The monoisotopic (exact) mass is 323 g/mol. The van der Waals surface area contributed by atoms with Crippen molar-refractivity contribution in [1.29, 1.82) is 0 Å². The lowest BCUT2D eigenvalue weighted by Gasteiger charge is -2.20. The van der Waals surface area contributed by atoms with Crippen molar-refractivity contribution in [2.24, 2.45) is 5.73 Å². The molecular weight excluding hydrogens is 302 g/mol. The lowest BCUT2D eigenvalue weighted by atomic mass is 9.97. The first-order chi connectivity index (χ1) is 11.6. The van der Waals surface area contributed by atoms with E-state index in [0.717, 1.165) is 28.8 Å². The minimum Gasteiger partial charge on any atom is -0.346 e. The smallest absolute Gasteiger partial charge is 0.251 e. The summed E-state index contributed by atoms with van der Waals surface area (Å²) in [6.45, 7) is 2.42. The molecule has 0 fully saturated rings. The lowest BCUT2D eigenvalue weighted by Crippen LogP contribution is -2.27. The average molecular weight is 323 g/mol. The van der Waals surface area contributed by atoms with E-state index in [2.05, 4.69) is 16.7 Å². The summed E-state index contributed by atoms with van der Waals surface area (Å²) in [5, 5.41) is 5.87. The van der Waals surface area contributed by atoms with Gasteiger partial charge in [-0.2, -0.15) is 0 Å². The van der Waals surface area contributed by atoms with Crippen molar-refractivity contribution in [2.45, 2.75) is 32.4 Å². The molecule has 2 aromatic rings. The number of hydrogen-bond donors (Lipinski definition) is 3. The Morgan fingerprint density at radius 3 is 2.67 bits per heavy atom. The van der Waals surface area contributed by atoms with Gasteiger partial charge in [0, 0.05) is 24.2 Å². The van der Waals surface area contributed by atoms with Gasteiger partial charge in [-0.1, -0.05) is 24.3 Å². The maximum Gasteiger partial charge on any atom is 0.251 e. The SMILES string of the molecule is CC(NC(=O)c1ccc(CN)cc1)c1ccc2c(c1)CCC(=O)N2. The molecule has 5 heteroatoms. The summed E-state index contributed by atoms with van der Waals surface area (Å²) < 4.78 is 0. The van der Waals surface area contributed by atoms with Crippen molar-refractivity contribution >= 4 is 17.5 Å². The van der Waals surface area contributed by atoms with Gasteiger partial charge in [0.2, 0.25) is 5.91 Å². The number of aryl methyl sites for hydroxylation is 1. The fourth-order valence-corrected chi connectivity index (χ4v) is 2.83. The fraction of sp³-hybridized carbons (Fsp3) is 0.263. The molecule has 5 nitrogen and oxygen atoms in total. The highest BCUT2D eigenvalue weighted by Crippen LogP contribution is 2.26. The van der Waals surface area contributed by atoms with Gasteiger partial charge in [-0.25, -0.2) is 0 Å². The standard InChI is InChI=1S/C19H21N3O2/c1-12(21-19(24)14-4-2-13(11-20)3-5-14)15-6-8-17-16(10-15)7-9-18(23)22-17/h2-6,8,10,12H,7,9,11,20H2,1H3,(H,21,24)(H,22,23). The van der Waals surface area contributed by atoms with E-state index in [9.17, 15) is 9.59 Å². The Kier molecular flexibility index (Phi) is 4.62. The maximum absolute atomic E-state index is 12.4. The number of benzene rings is 2. The second-order valence-corrected chi connectivity index (χ2v) is 6.06. The maximum atomic E-state index is 12.4. The summed E-state index contributed by atoms with van der Waals surface area (Å²) in [6.07, 6.45) is 1.24. The van der Waals surface area contributed by atoms with Gasteiger partial charge in [0.15, 0.2) is 0 Å². The molecule has 0 aromatic heterocycles. The van der Waals surface area contributed by atoms with Crippen LogP contribution in [0.2, 0.25) is 0 Å². The van der Waals surface area contributed by atoms with Crippen LogP contribution in [0.5, 0.6) is 0 Å².